The summed E-state index contributed by atoms with van der Waals surface area (Å²) < 4.78 is 6.89. The number of nitrogens with zero attached hydrogens (tertiary/aromatic N) is 4. The fraction of sp³-hybridized carbons (Fsp3) is 0.250. The van der Waals surface area contributed by atoms with Crippen LogP contribution in [0.3, 0.4) is 0 Å². The van der Waals surface area contributed by atoms with Crippen LogP contribution < -0.4 is 10.9 Å². The standard InChI is InChI=1S/C20H17N5O3S2/c26-16(22-20-24-23-18(30-20)14-7-4-8-28-14)10-25-11-21-17-13(19(25)27)9-15(29-17)12-5-2-1-3-6-12/h1-3,5-6,9,11,14H,4,7-8,10H2,(H,22,24,26). The van der Waals surface area contributed by atoms with Crippen LogP contribution in [-0.2, 0) is 16.1 Å². The number of anilines is 1. The number of carbonyl (C=O) groups is 1. The Morgan fingerprint density at radius 1 is 1.23 bits per heavy atom. The first-order chi connectivity index (χ1) is 14.7. The van der Waals surface area contributed by atoms with Crippen molar-refractivity contribution in [3.63, 3.8) is 0 Å². The van der Waals surface area contributed by atoms with Crippen LogP contribution in [0, 0.1) is 0 Å². The van der Waals surface area contributed by atoms with Gasteiger partial charge in [-0.1, -0.05) is 41.7 Å². The van der Waals surface area contributed by atoms with Gasteiger partial charge < -0.3 is 4.74 Å². The molecular formula is C20H17N5O3S2. The number of fused-ring (bicyclic) bond motifs is 1. The first-order valence-electron chi connectivity index (χ1n) is 9.46. The normalized spacial score (nSPS) is 16.2. The Bertz CT molecular complexity index is 1260. The SMILES string of the molecule is O=C(Cn1cnc2sc(-c3ccccc3)cc2c1=O)Nc1nnc(C2CCCO2)s1. The molecule has 1 aromatic carbocycles. The Labute approximate surface area is 179 Å². The summed E-state index contributed by atoms with van der Waals surface area (Å²) in [5.41, 5.74) is 0.786. The number of thiophene rings is 1. The number of benzene rings is 1. The lowest BCUT2D eigenvalue weighted by Crippen LogP contribution is -2.27. The molecule has 1 atom stereocenters. The summed E-state index contributed by atoms with van der Waals surface area (Å²) in [6.07, 6.45) is 3.28. The van der Waals surface area contributed by atoms with Gasteiger partial charge in [0, 0.05) is 11.5 Å². The molecule has 1 N–H and O–H groups in total. The summed E-state index contributed by atoms with van der Waals surface area (Å²) in [7, 11) is 0. The van der Waals surface area contributed by atoms with Gasteiger partial charge in [-0.05, 0) is 24.5 Å². The molecule has 8 nitrogen and oxygen atoms in total. The van der Waals surface area contributed by atoms with E-state index in [9.17, 15) is 9.59 Å². The molecule has 30 heavy (non-hydrogen) atoms. The molecule has 0 radical (unpaired) electrons. The van der Waals surface area contributed by atoms with Crippen LogP contribution in [0.4, 0.5) is 5.13 Å². The molecule has 1 fully saturated rings. The maximum Gasteiger partial charge on any atom is 0.262 e. The van der Waals surface area contributed by atoms with Crippen LogP contribution in [-0.4, -0.2) is 32.3 Å². The van der Waals surface area contributed by atoms with Gasteiger partial charge in [-0.2, -0.15) is 0 Å². The summed E-state index contributed by atoms with van der Waals surface area (Å²) in [5.74, 6) is -0.355. The van der Waals surface area contributed by atoms with Crippen LogP contribution >= 0.6 is 22.7 Å². The topological polar surface area (TPSA) is 99.0 Å². The molecule has 1 unspecified atom stereocenters. The van der Waals surface area contributed by atoms with Crippen LogP contribution in [0.15, 0.2) is 47.5 Å². The highest BCUT2D eigenvalue weighted by atomic mass is 32.1. The highest BCUT2D eigenvalue weighted by Crippen LogP contribution is 2.32. The second-order valence-electron chi connectivity index (χ2n) is 6.87. The highest BCUT2D eigenvalue weighted by Gasteiger charge is 2.22. The number of amides is 1. The van der Waals surface area contributed by atoms with E-state index in [2.05, 4.69) is 20.5 Å². The number of aromatic nitrogens is 4. The Kier molecular flexibility index (Phi) is 5.11. The number of hydrogen-bond donors (Lipinski definition) is 1. The molecule has 1 amide bonds. The van der Waals surface area contributed by atoms with E-state index in [-0.39, 0.29) is 24.1 Å². The van der Waals surface area contributed by atoms with E-state index in [0.717, 1.165) is 34.9 Å². The first kappa shape index (κ1) is 19.0. The number of ether oxygens (including phenoxy) is 1. The van der Waals surface area contributed by atoms with Crippen molar-refractivity contribution in [2.45, 2.75) is 25.5 Å². The predicted molar refractivity (Wildman–Crippen MR) is 116 cm³/mol. The third kappa shape index (κ3) is 3.76. The van der Waals surface area contributed by atoms with Gasteiger partial charge in [0.2, 0.25) is 11.0 Å². The molecule has 0 spiro atoms. The van der Waals surface area contributed by atoms with Gasteiger partial charge in [-0.25, -0.2) is 4.98 Å². The lowest BCUT2D eigenvalue weighted by Gasteiger charge is -2.04. The Morgan fingerprint density at radius 3 is 2.90 bits per heavy atom. The third-order valence-corrected chi connectivity index (χ3v) is 6.81. The summed E-state index contributed by atoms with van der Waals surface area (Å²) in [6.45, 7) is 0.575. The molecule has 1 saturated heterocycles. The first-order valence-corrected chi connectivity index (χ1v) is 11.1. The lowest BCUT2D eigenvalue weighted by molar-refractivity contribution is -0.116. The molecule has 4 aromatic rings. The zero-order valence-corrected chi connectivity index (χ0v) is 17.4. The fourth-order valence-electron chi connectivity index (χ4n) is 3.32. The van der Waals surface area contributed by atoms with Crippen molar-refractivity contribution in [3.8, 4) is 10.4 Å². The average Bonchev–Trinajstić information content (AvgIpc) is 3.51. The van der Waals surface area contributed by atoms with E-state index in [4.69, 9.17) is 4.74 Å². The van der Waals surface area contributed by atoms with Crippen molar-refractivity contribution >= 4 is 43.9 Å². The second-order valence-corrected chi connectivity index (χ2v) is 8.91. The molecule has 1 aliphatic rings. The molecule has 4 heterocycles. The zero-order valence-electron chi connectivity index (χ0n) is 15.8. The lowest BCUT2D eigenvalue weighted by atomic mass is 10.2. The Hall–Kier alpha value is -2.95. The Morgan fingerprint density at radius 2 is 2.10 bits per heavy atom. The fourth-order valence-corrected chi connectivity index (χ4v) is 5.16. The number of hydrogen-bond acceptors (Lipinski definition) is 8. The van der Waals surface area contributed by atoms with E-state index >= 15 is 0 Å². The van der Waals surface area contributed by atoms with Gasteiger partial charge in [0.15, 0.2) is 0 Å². The van der Waals surface area contributed by atoms with Crippen LogP contribution in [0.25, 0.3) is 20.7 Å². The molecule has 0 saturated carbocycles. The zero-order chi connectivity index (χ0) is 20.5. The quantitative estimate of drug-likeness (QED) is 0.511. The van der Waals surface area contributed by atoms with E-state index in [1.165, 1.54) is 33.6 Å². The minimum atomic E-state index is -0.355. The van der Waals surface area contributed by atoms with E-state index in [1.54, 1.807) is 0 Å². The van der Waals surface area contributed by atoms with Gasteiger partial charge in [-0.15, -0.1) is 21.5 Å². The van der Waals surface area contributed by atoms with E-state index < -0.39 is 0 Å². The number of nitrogens with one attached hydrogen (secondary N) is 1. The minimum Gasteiger partial charge on any atom is -0.371 e. The van der Waals surface area contributed by atoms with Gasteiger partial charge >= 0.3 is 0 Å². The molecule has 10 heteroatoms. The molecule has 3 aromatic heterocycles. The van der Waals surface area contributed by atoms with Gasteiger partial charge in [-0.3, -0.25) is 19.5 Å². The van der Waals surface area contributed by atoms with Crippen LogP contribution in [0.2, 0.25) is 0 Å². The third-order valence-electron chi connectivity index (χ3n) is 4.78. The summed E-state index contributed by atoms with van der Waals surface area (Å²) in [5, 5.41) is 12.5. The second kappa shape index (κ2) is 8.05. The van der Waals surface area contributed by atoms with Crippen LogP contribution in [0.5, 0.6) is 0 Å². The van der Waals surface area contributed by atoms with Crippen molar-refractivity contribution in [2.24, 2.45) is 0 Å². The van der Waals surface area contributed by atoms with Crippen molar-refractivity contribution < 1.29 is 9.53 Å². The van der Waals surface area contributed by atoms with Crippen LogP contribution in [0.1, 0.15) is 24.0 Å². The number of rotatable bonds is 5. The van der Waals surface area contributed by atoms with Gasteiger partial charge in [0.1, 0.15) is 22.5 Å². The summed E-state index contributed by atoms with van der Waals surface area (Å²) in [4.78, 5) is 31.3. The van der Waals surface area contributed by atoms with Crippen molar-refractivity contribution in [1.82, 2.24) is 19.7 Å². The minimum absolute atomic E-state index is 0.0419. The molecule has 5 rings (SSSR count). The maximum absolute atomic E-state index is 12.8. The van der Waals surface area contributed by atoms with E-state index in [1.807, 2.05) is 36.4 Å². The van der Waals surface area contributed by atoms with Crippen molar-refractivity contribution in [2.75, 3.05) is 11.9 Å². The van der Waals surface area contributed by atoms with E-state index in [0.29, 0.717) is 15.3 Å². The molecular weight excluding hydrogens is 422 g/mol. The molecule has 0 bridgehead atoms. The van der Waals surface area contributed by atoms with Crippen molar-refractivity contribution in [1.29, 1.82) is 0 Å². The largest absolute Gasteiger partial charge is 0.371 e. The monoisotopic (exact) mass is 439 g/mol. The molecule has 0 aliphatic carbocycles. The average molecular weight is 440 g/mol. The summed E-state index contributed by atoms with van der Waals surface area (Å²) in [6, 6.07) is 11.7. The predicted octanol–water partition coefficient (Wildman–Crippen LogP) is 3.47. The summed E-state index contributed by atoms with van der Waals surface area (Å²) >= 11 is 2.75. The Balaban J connectivity index is 1.33. The number of carbonyl (C=O) groups excluding carboxylic acids is 1. The molecule has 152 valence electrons. The molecule has 1 aliphatic heterocycles. The smallest absolute Gasteiger partial charge is 0.262 e. The van der Waals surface area contributed by atoms with Gasteiger partial charge in [0.05, 0.1) is 11.7 Å². The van der Waals surface area contributed by atoms with Gasteiger partial charge in [0.25, 0.3) is 5.56 Å². The van der Waals surface area contributed by atoms with Crippen molar-refractivity contribution in [3.05, 3.63) is 58.1 Å². The highest BCUT2D eigenvalue weighted by molar-refractivity contribution is 7.21. The maximum atomic E-state index is 12.8.